The van der Waals surface area contributed by atoms with Crippen molar-refractivity contribution >= 4 is 11.8 Å². The second-order valence-electron chi connectivity index (χ2n) is 5.32. The highest BCUT2D eigenvalue weighted by molar-refractivity contribution is 5.83. The minimum atomic E-state index is -8.71. The van der Waals surface area contributed by atoms with Crippen LogP contribution in [0.1, 0.15) is 0 Å². The molecule has 0 atom stereocenters. The first-order chi connectivity index (χ1) is 12.6. The number of nitrogens with two attached hydrogens (primary N) is 2. The lowest BCUT2D eigenvalue weighted by atomic mass is 9.87. The molecule has 4 nitrogen and oxygen atoms in total. The number of halogens is 16. The molecular weight excluding hydrogens is 484 g/mol. The lowest BCUT2D eigenvalue weighted by molar-refractivity contribution is -0.447. The van der Waals surface area contributed by atoms with E-state index in [2.05, 4.69) is 11.5 Å². The molecule has 20 heteroatoms. The monoisotopic (exact) mass is 488 g/mol. The van der Waals surface area contributed by atoms with Gasteiger partial charge in [-0.15, -0.1) is 0 Å². The van der Waals surface area contributed by atoms with E-state index in [1.165, 1.54) is 0 Å². The zero-order valence-corrected chi connectivity index (χ0v) is 13.0. The largest absolute Gasteiger partial charge is 0.392 e. The van der Waals surface area contributed by atoms with E-state index in [1.54, 1.807) is 0 Å². The number of hydrogen-bond acceptors (Lipinski definition) is 2. The average molecular weight is 488 g/mol. The molecule has 0 radical (unpaired) electrons. The highest BCUT2D eigenvalue weighted by Gasteiger charge is 2.95. The van der Waals surface area contributed by atoms with Crippen molar-refractivity contribution in [2.45, 2.75) is 47.4 Å². The summed E-state index contributed by atoms with van der Waals surface area (Å²) < 4.78 is 209. The second kappa shape index (κ2) is 6.66. The highest BCUT2D eigenvalue weighted by Crippen LogP contribution is 2.63. The molecule has 0 rings (SSSR count). The Balaban J connectivity index is 6.90. The Morgan fingerprint density at radius 2 is 0.500 bits per heavy atom. The molecule has 0 aliphatic heterocycles. The van der Waals surface area contributed by atoms with E-state index in [4.69, 9.17) is 0 Å². The first-order valence-corrected chi connectivity index (χ1v) is 6.26. The van der Waals surface area contributed by atoms with Gasteiger partial charge in [0.25, 0.3) is 11.8 Å². The van der Waals surface area contributed by atoms with Crippen LogP contribution >= 0.6 is 0 Å². The predicted molar refractivity (Wildman–Crippen MR) is 58.0 cm³/mol. The van der Waals surface area contributed by atoms with Gasteiger partial charge in [0.05, 0.1) is 0 Å². The molecule has 2 amide bonds. The van der Waals surface area contributed by atoms with Crippen molar-refractivity contribution in [3.05, 3.63) is 0 Å². The van der Waals surface area contributed by atoms with E-state index in [9.17, 15) is 79.8 Å². The van der Waals surface area contributed by atoms with E-state index < -0.39 is 59.2 Å². The standard InChI is InChI=1S/C10H4F16N2O2/c11-3(12,1(27)29)5(15,16)7(19,20)9(23,24)10(25,26)8(21,22)6(17,18)4(13,14)2(28)30/h(H2,27,29)(H2,28,30). The Morgan fingerprint density at radius 3 is 0.633 bits per heavy atom. The molecule has 0 saturated heterocycles. The topological polar surface area (TPSA) is 86.2 Å². The summed E-state index contributed by atoms with van der Waals surface area (Å²) in [5.41, 5.74) is 6.99. The number of carbonyl (C=O) groups excluding carboxylic acids is 2. The highest BCUT2D eigenvalue weighted by atomic mass is 19.4. The summed E-state index contributed by atoms with van der Waals surface area (Å²) in [4.78, 5) is 20.1. The van der Waals surface area contributed by atoms with Crippen LogP contribution in [-0.2, 0) is 9.59 Å². The van der Waals surface area contributed by atoms with Crippen molar-refractivity contribution in [2.24, 2.45) is 11.5 Å². The molecule has 0 aromatic heterocycles. The van der Waals surface area contributed by atoms with E-state index in [0.717, 1.165) is 0 Å². The first-order valence-electron chi connectivity index (χ1n) is 6.26. The number of rotatable bonds is 9. The van der Waals surface area contributed by atoms with E-state index in [-0.39, 0.29) is 0 Å². The fraction of sp³-hybridized carbons (Fsp3) is 0.800. The van der Waals surface area contributed by atoms with Gasteiger partial charge in [-0.05, 0) is 0 Å². The van der Waals surface area contributed by atoms with Crippen LogP contribution in [0.5, 0.6) is 0 Å². The Bertz CT molecular complexity index is 655. The van der Waals surface area contributed by atoms with Crippen molar-refractivity contribution in [1.29, 1.82) is 0 Å². The second-order valence-corrected chi connectivity index (χ2v) is 5.32. The third-order valence-corrected chi connectivity index (χ3v) is 3.38. The third-order valence-electron chi connectivity index (χ3n) is 3.38. The molecule has 0 aliphatic carbocycles. The molecule has 0 aliphatic rings. The Hall–Kier alpha value is -2.18. The van der Waals surface area contributed by atoms with Gasteiger partial charge in [-0.3, -0.25) is 9.59 Å². The number of amides is 2. The summed E-state index contributed by atoms with van der Waals surface area (Å²) >= 11 is 0. The van der Waals surface area contributed by atoms with Crippen molar-refractivity contribution in [3.63, 3.8) is 0 Å². The molecule has 30 heavy (non-hydrogen) atoms. The zero-order chi connectivity index (χ0) is 25.2. The molecule has 0 unspecified atom stereocenters. The number of primary amides is 2. The van der Waals surface area contributed by atoms with Crippen LogP contribution in [0.2, 0.25) is 0 Å². The molecule has 0 fully saturated rings. The quantitative estimate of drug-likeness (QED) is 0.490. The van der Waals surface area contributed by atoms with Crippen LogP contribution in [0, 0.1) is 0 Å². The van der Waals surface area contributed by atoms with Crippen molar-refractivity contribution < 1.29 is 79.8 Å². The van der Waals surface area contributed by atoms with Gasteiger partial charge in [0.2, 0.25) is 0 Å². The van der Waals surface area contributed by atoms with Crippen LogP contribution in [-0.4, -0.2) is 59.2 Å². The van der Waals surface area contributed by atoms with E-state index in [0.29, 0.717) is 0 Å². The summed E-state index contributed by atoms with van der Waals surface area (Å²) in [7, 11) is 0. The maximum atomic E-state index is 13.2. The lowest BCUT2D eigenvalue weighted by Crippen LogP contribution is -2.76. The Labute approximate surface area is 152 Å². The molecular formula is C10H4F16N2O2. The normalized spacial score (nSPS) is 15.9. The number of carbonyl (C=O) groups is 2. The van der Waals surface area contributed by atoms with Crippen molar-refractivity contribution in [2.75, 3.05) is 0 Å². The van der Waals surface area contributed by atoms with Gasteiger partial charge in [0.15, 0.2) is 0 Å². The maximum absolute atomic E-state index is 13.2. The lowest BCUT2D eigenvalue weighted by Gasteiger charge is -2.42. The van der Waals surface area contributed by atoms with Crippen molar-refractivity contribution in [3.8, 4) is 0 Å². The molecule has 178 valence electrons. The summed E-state index contributed by atoms with van der Waals surface area (Å²) in [5, 5.41) is 0. The van der Waals surface area contributed by atoms with Gasteiger partial charge in [0.1, 0.15) is 0 Å². The number of hydrogen-bond donors (Lipinski definition) is 2. The predicted octanol–water partition coefficient (Wildman–Crippen LogP) is 3.04. The molecule has 0 aromatic carbocycles. The fourth-order valence-corrected chi connectivity index (χ4v) is 1.49. The van der Waals surface area contributed by atoms with Gasteiger partial charge in [0, 0.05) is 0 Å². The van der Waals surface area contributed by atoms with Gasteiger partial charge < -0.3 is 11.5 Å². The summed E-state index contributed by atoms with van der Waals surface area (Å²) in [5.74, 6) is -72.7. The fourth-order valence-electron chi connectivity index (χ4n) is 1.49. The molecule has 0 bridgehead atoms. The third kappa shape index (κ3) is 3.00. The molecule has 0 saturated carbocycles. The van der Waals surface area contributed by atoms with Gasteiger partial charge in [-0.25, -0.2) is 0 Å². The first kappa shape index (κ1) is 27.8. The zero-order valence-electron chi connectivity index (χ0n) is 13.0. The molecule has 4 N–H and O–H groups in total. The summed E-state index contributed by atoms with van der Waals surface area (Å²) in [6, 6.07) is 0. The van der Waals surface area contributed by atoms with Crippen LogP contribution in [0.25, 0.3) is 0 Å². The SMILES string of the molecule is NC(=O)C(F)(F)C(F)(F)C(F)(F)C(F)(F)C(F)(F)C(F)(F)C(F)(F)C(F)(F)C(N)=O. The summed E-state index contributed by atoms with van der Waals surface area (Å²) in [6.45, 7) is 0. The molecule has 0 aromatic rings. The van der Waals surface area contributed by atoms with Gasteiger partial charge in [-0.2, -0.15) is 70.2 Å². The van der Waals surface area contributed by atoms with Crippen LogP contribution < -0.4 is 11.5 Å². The Kier molecular flexibility index (Phi) is 6.17. The molecule has 0 spiro atoms. The van der Waals surface area contributed by atoms with Gasteiger partial charge >= 0.3 is 47.4 Å². The average Bonchev–Trinajstić information content (AvgIpc) is 2.52. The summed E-state index contributed by atoms with van der Waals surface area (Å²) in [6.07, 6.45) is 0. The number of alkyl halides is 16. The van der Waals surface area contributed by atoms with Crippen LogP contribution in [0.15, 0.2) is 0 Å². The van der Waals surface area contributed by atoms with Crippen LogP contribution in [0.3, 0.4) is 0 Å². The minimum absolute atomic E-state index is 3.50. The van der Waals surface area contributed by atoms with E-state index in [1.807, 2.05) is 0 Å². The molecule has 0 heterocycles. The Morgan fingerprint density at radius 1 is 0.367 bits per heavy atom. The maximum Gasteiger partial charge on any atom is 0.392 e. The van der Waals surface area contributed by atoms with Crippen molar-refractivity contribution in [1.82, 2.24) is 0 Å². The minimum Gasteiger partial charge on any atom is -0.364 e. The van der Waals surface area contributed by atoms with Gasteiger partial charge in [-0.1, -0.05) is 0 Å². The smallest absolute Gasteiger partial charge is 0.364 e. The van der Waals surface area contributed by atoms with Crippen LogP contribution in [0.4, 0.5) is 70.2 Å². The van der Waals surface area contributed by atoms with E-state index >= 15 is 0 Å².